The first kappa shape index (κ1) is 29.8. The topological polar surface area (TPSA) is 66.4 Å². The van der Waals surface area contributed by atoms with Crippen molar-refractivity contribution in [3.05, 3.63) is 102 Å². The summed E-state index contributed by atoms with van der Waals surface area (Å²) in [6, 6.07) is 28.0. The summed E-state index contributed by atoms with van der Waals surface area (Å²) in [6.07, 6.45) is 0.312. The van der Waals surface area contributed by atoms with E-state index in [9.17, 15) is 5.11 Å². The Balaban J connectivity index is 1.58. The van der Waals surface area contributed by atoms with Crippen molar-refractivity contribution in [1.29, 1.82) is 0 Å². The van der Waals surface area contributed by atoms with Crippen LogP contribution in [-0.2, 0) is 38.8 Å². The molecule has 0 aliphatic heterocycles. The second-order valence-corrected chi connectivity index (χ2v) is 9.63. The van der Waals surface area contributed by atoms with Crippen LogP contribution >= 0.6 is 0 Å². The van der Waals surface area contributed by atoms with E-state index < -0.39 is 0 Å². The van der Waals surface area contributed by atoms with Gasteiger partial charge in [-0.25, -0.2) is 0 Å². The van der Waals surface area contributed by atoms with E-state index in [4.69, 9.17) is 23.7 Å². The number of aliphatic hydroxyl groups is 1. The molecule has 0 unspecified atom stereocenters. The molecule has 0 heterocycles. The van der Waals surface area contributed by atoms with Gasteiger partial charge in [-0.1, -0.05) is 86.6 Å². The number of benzene rings is 3. The van der Waals surface area contributed by atoms with Crippen molar-refractivity contribution < 1.29 is 28.8 Å². The fourth-order valence-corrected chi connectivity index (χ4v) is 4.39. The van der Waals surface area contributed by atoms with Crippen molar-refractivity contribution in [3.8, 4) is 5.75 Å². The highest BCUT2D eigenvalue weighted by molar-refractivity contribution is 5.26. The Kier molecular flexibility index (Phi) is 13.3. The summed E-state index contributed by atoms with van der Waals surface area (Å²) in [7, 11) is 1.66. The van der Waals surface area contributed by atoms with E-state index in [1.165, 1.54) is 0 Å². The van der Waals surface area contributed by atoms with Crippen molar-refractivity contribution in [2.45, 2.75) is 52.3 Å². The van der Waals surface area contributed by atoms with Gasteiger partial charge in [0.25, 0.3) is 0 Å². The number of aliphatic hydroxyl groups excluding tert-OH is 1. The van der Waals surface area contributed by atoms with E-state index in [0.29, 0.717) is 32.8 Å². The Morgan fingerprint density at radius 3 is 1.87 bits per heavy atom. The lowest BCUT2D eigenvalue weighted by atomic mass is 9.88. The van der Waals surface area contributed by atoms with Gasteiger partial charge in [0.2, 0.25) is 0 Å². The minimum atomic E-state index is -0.194. The summed E-state index contributed by atoms with van der Waals surface area (Å²) in [5.41, 5.74) is 3.28. The Bertz CT molecular complexity index is 995. The SMILES string of the molecule is COc1ccc(COCC[C@H](OCOCc2ccccc2)[C@@H](C)[C@@H](OCc2ccccc2)[C@H](C)CO)cc1. The van der Waals surface area contributed by atoms with E-state index in [-0.39, 0.29) is 37.4 Å². The van der Waals surface area contributed by atoms with E-state index >= 15 is 0 Å². The summed E-state index contributed by atoms with van der Waals surface area (Å²) in [6.45, 7) is 6.33. The summed E-state index contributed by atoms with van der Waals surface area (Å²) >= 11 is 0. The number of hydrogen-bond acceptors (Lipinski definition) is 6. The second-order valence-electron chi connectivity index (χ2n) is 9.63. The molecule has 3 aromatic carbocycles. The Morgan fingerprint density at radius 2 is 1.26 bits per heavy atom. The molecule has 1 N–H and O–H groups in total. The Morgan fingerprint density at radius 1 is 0.684 bits per heavy atom. The van der Waals surface area contributed by atoms with Crippen LogP contribution in [0.3, 0.4) is 0 Å². The summed E-state index contributed by atoms with van der Waals surface area (Å²) < 4.78 is 29.7. The molecule has 38 heavy (non-hydrogen) atoms. The lowest BCUT2D eigenvalue weighted by Gasteiger charge is -2.34. The predicted octanol–water partition coefficient (Wildman–Crippen LogP) is 6.01. The molecule has 0 aliphatic rings. The van der Waals surface area contributed by atoms with Gasteiger partial charge in [0.15, 0.2) is 0 Å². The van der Waals surface area contributed by atoms with Crippen LogP contribution in [0.5, 0.6) is 5.75 Å². The maximum absolute atomic E-state index is 9.97. The molecular formula is C32H42O6. The summed E-state index contributed by atoms with van der Waals surface area (Å²) in [5, 5.41) is 9.97. The fourth-order valence-electron chi connectivity index (χ4n) is 4.39. The van der Waals surface area contributed by atoms with Gasteiger partial charge in [-0.15, -0.1) is 0 Å². The molecule has 3 rings (SSSR count). The molecule has 0 radical (unpaired) electrons. The van der Waals surface area contributed by atoms with Gasteiger partial charge in [0, 0.05) is 25.0 Å². The van der Waals surface area contributed by atoms with Gasteiger partial charge in [-0.3, -0.25) is 0 Å². The molecule has 6 nitrogen and oxygen atoms in total. The summed E-state index contributed by atoms with van der Waals surface area (Å²) in [5.74, 6) is 0.780. The van der Waals surface area contributed by atoms with E-state index in [0.717, 1.165) is 22.4 Å². The third kappa shape index (κ3) is 10.2. The molecule has 0 saturated heterocycles. The van der Waals surface area contributed by atoms with Crippen LogP contribution in [0, 0.1) is 11.8 Å². The number of ether oxygens (including phenoxy) is 5. The maximum Gasteiger partial charge on any atom is 0.147 e. The van der Waals surface area contributed by atoms with E-state index in [1.807, 2.05) is 91.9 Å². The molecular weight excluding hydrogens is 480 g/mol. The number of hydrogen-bond donors (Lipinski definition) is 1. The molecule has 0 aromatic heterocycles. The molecule has 6 heteroatoms. The first-order valence-corrected chi connectivity index (χ1v) is 13.3. The van der Waals surface area contributed by atoms with Crippen LogP contribution in [0.4, 0.5) is 0 Å². The van der Waals surface area contributed by atoms with Gasteiger partial charge in [-0.2, -0.15) is 0 Å². The first-order chi connectivity index (χ1) is 18.6. The Labute approximate surface area is 227 Å². The Hall–Kier alpha value is -2.74. The molecule has 0 fully saturated rings. The number of rotatable bonds is 18. The number of methoxy groups -OCH3 is 1. The van der Waals surface area contributed by atoms with Crippen molar-refractivity contribution in [2.24, 2.45) is 11.8 Å². The van der Waals surface area contributed by atoms with Crippen molar-refractivity contribution in [3.63, 3.8) is 0 Å². The van der Waals surface area contributed by atoms with Crippen LogP contribution in [0.2, 0.25) is 0 Å². The zero-order valence-electron chi connectivity index (χ0n) is 22.8. The molecule has 3 aromatic rings. The van der Waals surface area contributed by atoms with Crippen molar-refractivity contribution in [2.75, 3.05) is 27.1 Å². The van der Waals surface area contributed by atoms with Crippen LogP contribution in [-0.4, -0.2) is 44.4 Å². The highest BCUT2D eigenvalue weighted by Gasteiger charge is 2.31. The highest BCUT2D eigenvalue weighted by atomic mass is 16.7. The van der Waals surface area contributed by atoms with Gasteiger partial charge in [0.05, 0.1) is 39.1 Å². The van der Waals surface area contributed by atoms with Crippen molar-refractivity contribution >= 4 is 0 Å². The lowest BCUT2D eigenvalue weighted by Crippen LogP contribution is -2.39. The smallest absolute Gasteiger partial charge is 0.147 e. The zero-order valence-corrected chi connectivity index (χ0v) is 22.8. The second kappa shape index (κ2) is 17.0. The molecule has 4 atom stereocenters. The zero-order chi connectivity index (χ0) is 27.0. The minimum Gasteiger partial charge on any atom is -0.497 e. The molecule has 0 bridgehead atoms. The largest absolute Gasteiger partial charge is 0.497 e. The highest BCUT2D eigenvalue weighted by Crippen LogP contribution is 2.26. The predicted molar refractivity (Wildman–Crippen MR) is 149 cm³/mol. The van der Waals surface area contributed by atoms with Gasteiger partial charge in [-0.05, 0) is 35.2 Å². The van der Waals surface area contributed by atoms with Crippen molar-refractivity contribution in [1.82, 2.24) is 0 Å². The van der Waals surface area contributed by atoms with E-state index in [1.54, 1.807) is 7.11 Å². The molecule has 0 aliphatic carbocycles. The standard InChI is InChI=1S/C32H42O6/c1-25(20-33)32(37-23-28-12-8-5-9-13-28)26(2)31(38-24-36-22-27-10-6-4-7-11-27)18-19-35-21-29-14-16-30(34-3)17-15-29/h4-17,25-26,31-33H,18-24H2,1-3H3/t25-,26-,31+,32+/m1/s1. The van der Waals surface area contributed by atoms with Gasteiger partial charge >= 0.3 is 0 Å². The quantitative estimate of drug-likeness (QED) is 0.163. The minimum absolute atomic E-state index is 0.00535. The van der Waals surface area contributed by atoms with Crippen LogP contribution in [0.25, 0.3) is 0 Å². The lowest BCUT2D eigenvalue weighted by molar-refractivity contribution is -0.147. The third-order valence-corrected chi connectivity index (χ3v) is 6.69. The first-order valence-electron chi connectivity index (χ1n) is 13.3. The monoisotopic (exact) mass is 522 g/mol. The molecule has 0 spiro atoms. The molecule has 0 saturated carbocycles. The van der Waals surface area contributed by atoms with Crippen LogP contribution in [0.1, 0.15) is 37.0 Å². The maximum atomic E-state index is 9.97. The molecule has 206 valence electrons. The van der Waals surface area contributed by atoms with Gasteiger partial charge in [0.1, 0.15) is 12.5 Å². The van der Waals surface area contributed by atoms with E-state index in [2.05, 4.69) is 6.92 Å². The average Bonchev–Trinajstić information content (AvgIpc) is 2.97. The molecule has 0 amide bonds. The summed E-state index contributed by atoms with van der Waals surface area (Å²) in [4.78, 5) is 0. The van der Waals surface area contributed by atoms with Crippen LogP contribution < -0.4 is 4.74 Å². The van der Waals surface area contributed by atoms with Crippen LogP contribution in [0.15, 0.2) is 84.9 Å². The third-order valence-electron chi connectivity index (χ3n) is 6.69. The average molecular weight is 523 g/mol. The normalized spacial score (nSPS) is 14.5. The van der Waals surface area contributed by atoms with Gasteiger partial charge < -0.3 is 28.8 Å². The fraction of sp³-hybridized carbons (Fsp3) is 0.438.